The summed E-state index contributed by atoms with van der Waals surface area (Å²) >= 11 is 1.41. The number of hydrogen-bond acceptors (Lipinski definition) is 4. The molecule has 3 heterocycles. The first kappa shape index (κ1) is 15.6. The van der Waals surface area contributed by atoms with Gasteiger partial charge in [0, 0.05) is 28.9 Å². The highest BCUT2D eigenvalue weighted by Crippen LogP contribution is 2.30. The normalized spacial score (nSPS) is 10.9. The van der Waals surface area contributed by atoms with E-state index in [9.17, 15) is 4.79 Å². The van der Waals surface area contributed by atoms with Crippen LogP contribution >= 0.6 is 11.3 Å². The van der Waals surface area contributed by atoms with Gasteiger partial charge in [-0.15, -0.1) is 11.3 Å². The molecule has 3 aromatic heterocycles. The van der Waals surface area contributed by atoms with Crippen LogP contribution in [0.1, 0.15) is 35.3 Å². The molecule has 1 amide bonds. The fourth-order valence-corrected chi connectivity index (χ4v) is 3.36. The van der Waals surface area contributed by atoms with Crippen molar-refractivity contribution in [1.82, 2.24) is 9.55 Å². The molecule has 1 N–H and O–H groups in total. The third-order valence-electron chi connectivity index (χ3n) is 3.77. The van der Waals surface area contributed by atoms with Crippen molar-refractivity contribution in [2.75, 3.05) is 5.32 Å². The number of rotatable bonds is 5. The van der Waals surface area contributed by atoms with Gasteiger partial charge in [0.2, 0.25) is 0 Å². The Morgan fingerprint density at radius 3 is 2.96 bits per heavy atom. The van der Waals surface area contributed by atoms with Crippen LogP contribution in [-0.2, 0) is 6.54 Å². The van der Waals surface area contributed by atoms with E-state index in [2.05, 4.69) is 41.7 Å². The molecule has 0 radical (unpaired) electrons. The van der Waals surface area contributed by atoms with E-state index in [1.165, 1.54) is 29.0 Å². The molecule has 120 valence electrons. The van der Waals surface area contributed by atoms with Gasteiger partial charge in [0.05, 0.1) is 12.0 Å². The van der Waals surface area contributed by atoms with Crippen LogP contribution in [0.5, 0.6) is 0 Å². The average molecular weight is 329 g/mol. The highest BCUT2D eigenvalue weighted by Gasteiger charge is 2.15. The lowest BCUT2D eigenvalue weighted by molar-refractivity contribution is 0.0996. The first-order valence-corrected chi connectivity index (χ1v) is 8.45. The quantitative estimate of drug-likeness (QED) is 0.750. The summed E-state index contributed by atoms with van der Waals surface area (Å²) in [5.41, 5.74) is 4.44. The number of thiazole rings is 1. The molecule has 0 aromatic carbocycles. The molecule has 5 nitrogen and oxygen atoms in total. The molecule has 0 atom stereocenters. The standard InChI is InChI=1S/C17H19N3O2S/c1-4-7-20-11(2)9-13(12(20)3)14-10-23-17(18-14)19-16(21)15-6-5-8-22-15/h5-6,8-10H,4,7H2,1-3H3,(H,18,19,21). The maximum atomic E-state index is 12.0. The monoisotopic (exact) mass is 329 g/mol. The van der Waals surface area contributed by atoms with Gasteiger partial charge in [0.1, 0.15) is 0 Å². The van der Waals surface area contributed by atoms with Crippen LogP contribution in [0.15, 0.2) is 34.3 Å². The molecule has 0 saturated heterocycles. The Morgan fingerprint density at radius 1 is 1.43 bits per heavy atom. The van der Waals surface area contributed by atoms with Crippen molar-refractivity contribution >= 4 is 22.4 Å². The average Bonchev–Trinajstić information content (AvgIpc) is 3.24. The Balaban J connectivity index is 1.82. The summed E-state index contributed by atoms with van der Waals surface area (Å²) in [5, 5.41) is 5.31. The number of aryl methyl sites for hydroxylation is 1. The Kier molecular flexibility index (Phi) is 4.34. The minimum Gasteiger partial charge on any atom is -0.459 e. The predicted molar refractivity (Wildman–Crippen MR) is 92.0 cm³/mol. The number of nitrogens with one attached hydrogen (secondary N) is 1. The second kappa shape index (κ2) is 6.42. The van der Waals surface area contributed by atoms with Gasteiger partial charge in [0.15, 0.2) is 10.9 Å². The molecule has 3 aromatic rings. The maximum Gasteiger partial charge on any atom is 0.293 e. The van der Waals surface area contributed by atoms with Gasteiger partial charge in [-0.1, -0.05) is 6.92 Å². The molecule has 0 aliphatic heterocycles. The zero-order valence-electron chi connectivity index (χ0n) is 13.4. The van der Waals surface area contributed by atoms with E-state index in [4.69, 9.17) is 4.42 Å². The lowest BCUT2D eigenvalue weighted by atomic mass is 10.2. The smallest absolute Gasteiger partial charge is 0.293 e. The van der Waals surface area contributed by atoms with E-state index in [0.29, 0.717) is 5.13 Å². The third-order valence-corrected chi connectivity index (χ3v) is 4.52. The lowest BCUT2D eigenvalue weighted by Crippen LogP contribution is -2.10. The van der Waals surface area contributed by atoms with Gasteiger partial charge < -0.3 is 8.98 Å². The zero-order valence-corrected chi connectivity index (χ0v) is 14.2. The summed E-state index contributed by atoms with van der Waals surface area (Å²) in [6.45, 7) is 7.39. The van der Waals surface area contributed by atoms with Gasteiger partial charge in [0.25, 0.3) is 5.91 Å². The molecule has 0 aliphatic carbocycles. The number of anilines is 1. The van der Waals surface area contributed by atoms with Crippen molar-refractivity contribution in [3.63, 3.8) is 0 Å². The number of aromatic nitrogens is 2. The molecule has 0 aliphatic rings. The van der Waals surface area contributed by atoms with Gasteiger partial charge in [-0.2, -0.15) is 0 Å². The van der Waals surface area contributed by atoms with Crippen molar-refractivity contribution < 1.29 is 9.21 Å². The molecule has 23 heavy (non-hydrogen) atoms. The van der Waals surface area contributed by atoms with Crippen LogP contribution in [0.3, 0.4) is 0 Å². The number of carbonyl (C=O) groups excluding carboxylic acids is 1. The van der Waals surface area contributed by atoms with Crippen LogP contribution in [0.25, 0.3) is 11.3 Å². The van der Waals surface area contributed by atoms with E-state index < -0.39 is 0 Å². The Morgan fingerprint density at radius 2 is 2.26 bits per heavy atom. The van der Waals surface area contributed by atoms with Crippen molar-refractivity contribution in [3.8, 4) is 11.3 Å². The van der Waals surface area contributed by atoms with E-state index in [0.717, 1.165) is 24.2 Å². The molecule has 0 spiro atoms. The molecular weight excluding hydrogens is 310 g/mol. The first-order chi connectivity index (χ1) is 11.1. The van der Waals surface area contributed by atoms with Gasteiger partial charge in [-0.3, -0.25) is 10.1 Å². The SMILES string of the molecule is CCCn1c(C)cc(-c2csc(NC(=O)c3ccco3)n2)c1C. The molecule has 0 unspecified atom stereocenters. The molecule has 0 bridgehead atoms. The summed E-state index contributed by atoms with van der Waals surface area (Å²) in [6.07, 6.45) is 2.57. The Labute approximate surface area is 139 Å². The molecular formula is C17H19N3O2S. The Hall–Kier alpha value is -2.34. The summed E-state index contributed by atoms with van der Waals surface area (Å²) in [4.78, 5) is 16.5. The highest BCUT2D eigenvalue weighted by atomic mass is 32.1. The van der Waals surface area contributed by atoms with Crippen LogP contribution in [-0.4, -0.2) is 15.5 Å². The molecule has 0 fully saturated rings. The Bertz CT molecular complexity index is 815. The molecule has 6 heteroatoms. The van der Waals surface area contributed by atoms with E-state index in [1.807, 2.05) is 5.38 Å². The van der Waals surface area contributed by atoms with Gasteiger partial charge in [-0.25, -0.2) is 4.98 Å². The van der Waals surface area contributed by atoms with Crippen molar-refractivity contribution in [2.24, 2.45) is 0 Å². The van der Waals surface area contributed by atoms with Gasteiger partial charge >= 0.3 is 0 Å². The number of carbonyl (C=O) groups is 1. The van der Waals surface area contributed by atoms with Crippen LogP contribution in [0.4, 0.5) is 5.13 Å². The summed E-state index contributed by atoms with van der Waals surface area (Å²) in [6, 6.07) is 5.46. The fraction of sp³-hybridized carbons (Fsp3) is 0.294. The van der Waals surface area contributed by atoms with Gasteiger partial charge in [-0.05, 0) is 38.5 Å². The van der Waals surface area contributed by atoms with E-state index >= 15 is 0 Å². The summed E-state index contributed by atoms with van der Waals surface area (Å²) < 4.78 is 7.39. The second-order valence-electron chi connectivity index (χ2n) is 5.41. The third kappa shape index (κ3) is 3.07. The van der Waals surface area contributed by atoms with E-state index in [1.54, 1.807) is 12.1 Å². The van der Waals surface area contributed by atoms with Crippen molar-refractivity contribution in [2.45, 2.75) is 33.7 Å². The van der Waals surface area contributed by atoms with Crippen molar-refractivity contribution in [3.05, 3.63) is 47.0 Å². The number of amides is 1. The second-order valence-corrected chi connectivity index (χ2v) is 6.26. The maximum absolute atomic E-state index is 12.0. The summed E-state index contributed by atoms with van der Waals surface area (Å²) in [5.74, 6) is -0.00442. The highest BCUT2D eigenvalue weighted by molar-refractivity contribution is 7.14. The minimum absolute atomic E-state index is 0.280. The predicted octanol–water partition coefficient (Wildman–Crippen LogP) is 4.48. The lowest BCUT2D eigenvalue weighted by Gasteiger charge is -2.07. The van der Waals surface area contributed by atoms with Crippen LogP contribution in [0.2, 0.25) is 0 Å². The fourth-order valence-electron chi connectivity index (χ4n) is 2.65. The summed E-state index contributed by atoms with van der Waals surface area (Å²) in [7, 11) is 0. The minimum atomic E-state index is -0.285. The number of nitrogens with zero attached hydrogens (tertiary/aromatic N) is 2. The number of hydrogen-bond donors (Lipinski definition) is 1. The van der Waals surface area contributed by atoms with E-state index in [-0.39, 0.29) is 11.7 Å². The molecule has 0 saturated carbocycles. The van der Waals surface area contributed by atoms with Crippen LogP contribution in [0, 0.1) is 13.8 Å². The zero-order chi connectivity index (χ0) is 16.4. The topological polar surface area (TPSA) is 60.1 Å². The molecule has 3 rings (SSSR count). The largest absolute Gasteiger partial charge is 0.459 e. The van der Waals surface area contributed by atoms with Crippen molar-refractivity contribution in [1.29, 1.82) is 0 Å². The number of furan rings is 1. The van der Waals surface area contributed by atoms with Crippen LogP contribution < -0.4 is 5.32 Å². The first-order valence-electron chi connectivity index (χ1n) is 7.57.